The van der Waals surface area contributed by atoms with E-state index in [1.807, 2.05) is 17.5 Å². The summed E-state index contributed by atoms with van der Waals surface area (Å²) in [6, 6.07) is 3.78. The number of thiophene rings is 1. The lowest BCUT2D eigenvalue weighted by molar-refractivity contribution is -0.125. The molecule has 96 valence electrons. The van der Waals surface area contributed by atoms with Crippen LogP contribution in [-0.4, -0.2) is 27.6 Å². The van der Waals surface area contributed by atoms with Crippen molar-refractivity contribution >= 4 is 46.2 Å². The Hall–Kier alpha value is -1.60. The summed E-state index contributed by atoms with van der Waals surface area (Å²) in [5, 5.41) is 9.39. The van der Waals surface area contributed by atoms with Crippen molar-refractivity contribution in [2.75, 3.05) is 0 Å². The molecule has 7 heteroatoms. The Kier molecular flexibility index (Phi) is 5.11. The molecule has 0 fully saturated rings. The molecule has 1 N–H and O–H groups in total. The molecule has 0 unspecified atom stereocenters. The van der Waals surface area contributed by atoms with Crippen molar-refractivity contribution in [2.24, 2.45) is 5.10 Å². The first kappa shape index (κ1) is 14.5. The van der Waals surface area contributed by atoms with E-state index in [0.29, 0.717) is 5.71 Å². The van der Waals surface area contributed by atoms with Crippen LogP contribution in [-0.2, 0) is 9.59 Å². The third kappa shape index (κ3) is 4.01. The van der Waals surface area contributed by atoms with E-state index in [1.165, 1.54) is 25.2 Å². The molecule has 0 aliphatic carbocycles. The highest BCUT2D eigenvalue weighted by Crippen LogP contribution is 2.10. The van der Waals surface area contributed by atoms with Crippen LogP contribution in [0.25, 0.3) is 0 Å². The fourth-order valence-corrected chi connectivity index (χ4v) is 2.13. The maximum absolute atomic E-state index is 11.5. The summed E-state index contributed by atoms with van der Waals surface area (Å²) in [4.78, 5) is 23.3. The second-order valence-electron chi connectivity index (χ2n) is 3.48. The Morgan fingerprint density at radius 2 is 2.06 bits per heavy atom. The van der Waals surface area contributed by atoms with Crippen molar-refractivity contribution in [3.8, 4) is 0 Å². The molecule has 1 aromatic heterocycles. The first-order chi connectivity index (χ1) is 8.41. The van der Waals surface area contributed by atoms with Crippen LogP contribution in [0.4, 0.5) is 0 Å². The Bertz CT molecular complexity index is 494. The van der Waals surface area contributed by atoms with Gasteiger partial charge in [0, 0.05) is 13.8 Å². The zero-order chi connectivity index (χ0) is 13.7. The summed E-state index contributed by atoms with van der Waals surface area (Å²) in [6.45, 7) is 4.43. The minimum atomic E-state index is -0.357. The lowest BCUT2D eigenvalue weighted by Crippen LogP contribution is -2.41. The highest BCUT2D eigenvalue weighted by Gasteiger charge is 2.15. The molecule has 2 amide bonds. The SMILES string of the molecule is CC(=O)NC(=S)N(/N=C(/C)c1cccs1)C(C)=O. The van der Waals surface area contributed by atoms with Crippen molar-refractivity contribution < 1.29 is 9.59 Å². The molecule has 0 spiro atoms. The molecule has 0 radical (unpaired) electrons. The minimum absolute atomic E-state index is 0.0223. The van der Waals surface area contributed by atoms with Crippen molar-refractivity contribution in [1.29, 1.82) is 0 Å². The van der Waals surface area contributed by atoms with Gasteiger partial charge in [-0.25, -0.2) is 0 Å². The molecule has 0 aliphatic rings. The summed E-state index contributed by atoms with van der Waals surface area (Å²) < 4.78 is 0. The molecule has 0 atom stereocenters. The quantitative estimate of drug-likeness (QED) is 0.511. The molecule has 1 heterocycles. The Morgan fingerprint density at radius 1 is 1.39 bits per heavy atom. The molecule has 0 aliphatic heterocycles. The molecular formula is C11H13N3O2S2. The number of rotatable bonds is 2. The van der Waals surface area contributed by atoms with Crippen LogP contribution < -0.4 is 5.32 Å². The molecule has 0 aromatic carbocycles. The molecule has 0 saturated heterocycles. The smallest absolute Gasteiger partial charge is 0.246 e. The van der Waals surface area contributed by atoms with Gasteiger partial charge in [-0.2, -0.15) is 10.1 Å². The molecular weight excluding hydrogens is 270 g/mol. The molecule has 1 aromatic rings. The van der Waals surface area contributed by atoms with Crippen LogP contribution in [0.3, 0.4) is 0 Å². The van der Waals surface area contributed by atoms with Gasteiger partial charge in [-0.3, -0.25) is 9.59 Å². The second kappa shape index (κ2) is 6.36. The number of nitrogens with zero attached hydrogens (tertiary/aromatic N) is 2. The fourth-order valence-electron chi connectivity index (χ4n) is 1.15. The Balaban J connectivity index is 2.93. The van der Waals surface area contributed by atoms with Gasteiger partial charge >= 0.3 is 0 Å². The van der Waals surface area contributed by atoms with E-state index in [2.05, 4.69) is 10.4 Å². The minimum Gasteiger partial charge on any atom is -0.301 e. The van der Waals surface area contributed by atoms with Gasteiger partial charge in [-0.05, 0) is 30.6 Å². The fraction of sp³-hybridized carbons (Fsp3) is 0.273. The number of carbonyl (C=O) groups excluding carboxylic acids is 2. The van der Waals surface area contributed by atoms with Crippen LogP contribution >= 0.6 is 23.6 Å². The summed E-state index contributed by atoms with van der Waals surface area (Å²) in [7, 11) is 0. The van der Waals surface area contributed by atoms with Crippen molar-refractivity contribution in [2.45, 2.75) is 20.8 Å². The molecule has 18 heavy (non-hydrogen) atoms. The van der Waals surface area contributed by atoms with Crippen LogP contribution in [0.5, 0.6) is 0 Å². The van der Waals surface area contributed by atoms with Gasteiger partial charge in [0.15, 0.2) is 0 Å². The molecule has 5 nitrogen and oxygen atoms in total. The number of hydrogen-bond acceptors (Lipinski definition) is 5. The predicted molar refractivity (Wildman–Crippen MR) is 75.5 cm³/mol. The third-order valence-electron chi connectivity index (χ3n) is 1.90. The highest BCUT2D eigenvalue weighted by molar-refractivity contribution is 7.80. The number of nitrogens with one attached hydrogen (secondary N) is 1. The van der Waals surface area contributed by atoms with E-state index in [9.17, 15) is 9.59 Å². The molecule has 0 bridgehead atoms. The lowest BCUT2D eigenvalue weighted by Gasteiger charge is -2.16. The van der Waals surface area contributed by atoms with Gasteiger partial charge in [0.25, 0.3) is 0 Å². The number of hydrogen-bond donors (Lipinski definition) is 1. The molecule has 0 saturated carbocycles. The number of hydrazone groups is 1. The third-order valence-corrected chi connectivity index (χ3v) is 3.16. The monoisotopic (exact) mass is 283 g/mol. The number of amides is 2. The van der Waals surface area contributed by atoms with Crippen molar-refractivity contribution in [3.05, 3.63) is 22.4 Å². The average molecular weight is 283 g/mol. The van der Waals surface area contributed by atoms with Crippen molar-refractivity contribution in [1.82, 2.24) is 10.3 Å². The standard InChI is InChI=1S/C11H13N3O2S2/c1-7(10-5-4-6-18-10)13-14(9(3)16)11(17)12-8(2)15/h4-6H,1-3H3,(H,12,15,17)/b13-7-. The van der Waals surface area contributed by atoms with E-state index in [1.54, 1.807) is 6.92 Å². The lowest BCUT2D eigenvalue weighted by atomic mass is 10.3. The van der Waals surface area contributed by atoms with Gasteiger partial charge in [0.1, 0.15) is 0 Å². The second-order valence-corrected chi connectivity index (χ2v) is 4.81. The van der Waals surface area contributed by atoms with E-state index in [0.717, 1.165) is 9.89 Å². The highest BCUT2D eigenvalue weighted by atomic mass is 32.1. The Morgan fingerprint density at radius 3 is 2.50 bits per heavy atom. The van der Waals surface area contributed by atoms with Crippen molar-refractivity contribution in [3.63, 3.8) is 0 Å². The maximum Gasteiger partial charge on any atom is 0.246 e. The van der Waals surface area contributed by atoms with Gasteiger partial charge in [0.2, 0.25) is 16.9 Å². The zero-order valence-corrected chi connectivity index (χ0v) is 11.9. The van der Waals surface area contributed by atoms with Crippen LogP contribution in [0.1, 0.15) is 25.6 Å². The van der Waals surface area contributed by atoms with E-state index in [-0.39, 0.29) is 16.9 Å². The average Bonchev–Trinajstić information content (AvgIpc) is 2.77. The number of carbonyl (C=O) groups is 2. The summed E-state index contributed by atoms with van der Waals surface area (Å²) >= 11 is 6.46. The zero-order valence-electron chi connectivity index (χ0n) is 10.3. The normalized spacial score (nSPS) is 10.9. The van der Waals surface area contributed by atoms with Crippen LogP contribution in [0.15, 0.2) is 22.6 Å². The molecule has 1 rings (SSSR count). The number of thiocarbonyl (C=S) groups is 1. The van der Waals surface area contributed by atoms with Crippen LogP contribution in [0.2, 0.25) is 0 Å². The van der Waals surface area contributed by atoms with E-state index >= 15 is 0 Å². The van der Waals surface area contributed by atoms with Gasteiger partial charge in [0.05, 0.1) is 10.6 Å². The van der Waals surface area contributed by atoms with Gasteiger partial charge < -0.3 is 5.32 Å². The van der Waals surface area contributed by atoms with Gasteiger partial charge in [-0.15, -0.1) is 11.3 Å². The Labute approximate surface area is 114 Å². The largest absolute Gasteiger partial charge is 0.301 e. The summed E-state index contributed by atoms with van der Waals surface area (Å²) in [5.74, 6) is -0.695. The van der Waals surface area contributed by atoms with E-state index < -0.39 is 0 Å². The maximum atomic E-state index is 11.5. The van der Waals surface area contributed by atoms with E-state index in [4.69, 9.17) is 12.2 Å². The summed E-state index contributed by atoms with van der Waals surface area (Å²) in [6.07, 6.45) is 0. The predicted octanol–water partition coefficient (Wildman–Crippen LogP) is 1.74. The topological polar surface area (TPSA) is 61.8 Å². The van der Waals surface area contributed by atoms with Crippen LogP contribution in [0, 0.1) is 0 Å². The summed E-state index contributed by atoms with van der Waals surface area (Å²) in [5.41, 5.74) is 0.660. The first-order valence-corrected chi connectivity index (χ1v) is 6.42. The first-order valence-electron chi connectivity index (χ1n) is 5.13. The van der Waals surface area contributed by atoms with Gasteiger partial charge in [-0.1, -0.05) is 6.07 Å².